The average molecular weight is 338 g/mol. The summed E-state index contributed by atoms with van der Waals surface area (Å²) in [6.45, 7) is 4.22. The number of ether oxygens (including phenoxy) is 1. The van der Waals surface area contributed by atoms with Crippen LogP contribution in [0.5, 0.6) is 0 Å². The minimum Gasteiger partial charge on any atom is -0.380 e. The molecule has 6 heteroatoms. The zero-order chi connectivity index (χ0) is 16.3. The Morgan fingerprint density at radius 1 is 1.22 bits per heavy atom. The number of benzene rings is 1. The third kappa shape index (κ3) is 4.32. The first-order valence-electron chi connectivity index (χ1n) is 8.28. The maximum atomic E-state index is 11.7. The van der Waals surface area contributed by atoms with Gasteiger partial charge in [0.15, 0.2) is 0 Å². The van der Waals surface area contributed by atoms with E-state index in [1.165, 1.54) is 11.8 Å². The summed E-state index contributed by atoms with van der Waals surface area (Å²) in [5.74, 6) is 0. The zero-order valence-corrected chi connectivity index (χ0v) is 14.5. The second kappa shape index (κ2) is 6.89. The van der Waals surface area contributed by atoms with Crippen LogP contribution >= 0.6 is 0 Å². The van der Waals surface area contributed by atoms with Gasteiger partial charge < -0.3 is 4.74 Å². The molecule has 0 unspecified atom stereocenters. The molecule has 2 fully saturated rings. The van der Waals surface area contributed by atoms with Crippen molar-refractivity contribution in [3.63, 3.8) is 0 Å². The Morgan fingerprint density at radius 3 is 2.57 bits per heavy atom. The number of nitrogens with one attached hydrogen (secondary N) is 1. The van der Waals surface area contributed by atoms with Crippen LogP contribution in [0.15, 0.2) is 30.3 Å². The zero-order valence-electron chi connectivity index (χ0n) is 13.7. The van der Waals surface area contributed by atoms with Crippen LogP contribution in [0.3, 0.4) is 0 Å². The van der Waals surface area contributed by atoms with Gasteiger partial charge in [0.2, 0.25) is 10.0 Å². The third-order valence-electron chi connectivity index (χ3n) is 5.23. The first-order chi connectivity index (χ1) is 11.0. The van der Waals surface area contributed by atoms with Crippen LogP contribution in [-0.4, -0.2) is 51.9 Å². The van der Waals surface area contributed by atoms with Crippen molar-refractivity contribution in [3.8, 4) is 0 Å². The lowest BCUT2D eigenvalue weighted by Gasteiger charge is -2.48. The highest BCUT2D eigenvalue weighted by atomic mass is 32.2. The number of piperidine rings is 1. The van der Waals surface area contributed by atoms with Crippen molar-refractivity contribution >= 4 is 10.0 Å². The molecule has 23 heavy (non-hydrogen) atoms. The summed E-state index contributed by atoms with van der Waals surface area (Å²) in [7, 11) is -3.20. The molecule has 2 aliphatic heterocycles. The second-order valence-corrected chi connectivity index (χ2v) is 8.67. The number of likely N-dealkylation sites (tertiary alicyclic amines) is 1. The van der Waals surface area contributed by atoms with Crippen molar-refractivity contribution in [2.24, 2.45) is 5.41 Å². The maximum Gasteiger partial charge on any atom is 0.209 e. The molecule has 0 bridgehead atoms. The average Bonchev–Trinajstić information content (AvgIpc) is 2.52. The van der Waals surface area contributed by atoms with Gasteiger partial charge in [0.05, 0.1) is 18.9 Å². The summed E-state index contributed by atoms with van der Waals surface area (Å²) in [6.07, 6.45) is 4.23. The molecule has 1 N–H and O–H groups in total. The molecule has 1 spiro atoms. The molecular formula is C17H26N2O3S. The summed E-state index contributed by atoms with van der Waals surface area (Å²) in [5.41, 5.74) is 1.38. The monoisotopic (exact) mass is 338 g/mol. The van der Waals surface area contributed by atoms with E-state index in [2.05, 4.69) is 33.9 Å². The molecule has 128 valence electrons. The molecule has 2 heterocycles. The number of hydrogen-bond acceptors (Lipinski definition) is 4. The second-order valence-electron chi connectivity index (χ2n) is 6.89. The standard InChI is InChI=1S/C17H26N2O3S/c1-23(20,21)18-16-14-22-12-9-17(16)7-10-19(11-8-17)13-15-5-3-2-4-6-15/h2-6,16,18H,7-14H2,1H3/t16-/m1/s1. The van der Waals surface area contributed by atoms with Crippen molar-refractivity contribution in [1.29, 1.82) is 0 Å². The van der Waals surface area contributed by atoms with E-state index in [1.54, 1.807) is 0 Å². The third-order valence-corrected chi connectivity index (χ3v) is 5.94. The van der Waals surface area contributed by atoms with Crippen molar-refractivity contribution in [2.45, 2.75) is 31.8 Å². The topological polar surface area (TPSA) is 58.6 Å². The molecule has 2 saturated heterocycles. The molecule has 1 aromatic carbocycles. The van der Waals surface area contributed by atoms with E-state index < -0.39 is 10.0 Å². The fraction of sp³-hybridized carbons (Fsp3) is 0.647. The summed E-state index contributed by atoms with van der Waals surface area (Å²) >= 11 is 0. The number of rotatable bonds is 4. The van der Waals surface area contributed by atoms with Gasteiger partial charge in [-0.05, 0) is 43.3 Å². The maximum absolute atomic E-state index is 11.7. The number of nitrogens with zero attached hydrogens (tertiary/aromatic N) is 1. The fourth-order valence-corrected chi connectivity index (χ4v) is 4.68. The Kier molecular flexibility index (Phi) is 5.06. The smallest absolute Gasteiger partial charge is 0.209 e. The molecule has 3 rings (SSSR count). The lowest BCUT2D eigenvalue weighted by molar-refractivity contribution is -0.0445. The highest BCUT2D eigenvalue weighted by Gasteiger charge is 2.44. The van der Waals surface area contributed by atoms with E-state index in [0.29, 0.717) is 6.61 Å². The van der Waals surface area contributed by atoms with Crippen LogP contribution in [0.4, 0.5) is 0 Å². The lowest BCUT2D eigenvalue weighted by Crippen LogP contribution is -2.57. The Hall–Kier alpha value is -0.950. The first kappa shape index (κ1) is 16.9. The number of sulfonamides is 1. The SMILES string of the molecule is CS(=O)(=O)N[C@@H]1COCCC12CCN(Cc1ccccc1)CC2. The molecule has 0 saturated carbocycles. The van der Waals surface area contributed by atoms with Crippen LogP contribution in [0.2, 0.25) is 0 Å². The van der Waals surface area contributed by atoms with Gasteiger partial charge in [-0.2, -0.15) is 0 Å². The molecule has 2 aliphatic rings. The molecule has 5 nitrogen and oxygen atoms in total. The van der Waals surface area contributed by atoms with Gasteiger partial charge in [-0.1, -0.05) is 30.3 Å². The van der Waals surface area contributed by atoms with Crippen LogP contribution < -0.4 is 4.72 Å². The molecule has 0 radical (unpaired) electrons. The van der Waals surface area contributed by atoms with E-state index in [-0.39, 0.29) is 11.5 Å². The molecule has 0 aromatic heterocycles. The minimum absolute atomic E-state index is 0.0501. The minimum atomic E-state index is -3.20. The van der Waals surface area contributed by atoms with Gasteiger partial charge in [-0.3, -0.25) is 4.90 Å². The van der Waals surface area contributed by atoms with Crippen molar-refractivity contribution in [2.75, 3.05) is 32.6 Å². The number of hydrogen-bond donors (Lipinski definition) is 1. The molecular weight excluding hydrogens is 312 g/mol. The summed E-state index contributed by atoms with van der Waals surface area (Å²) in [5, 5.41) is 0. The summed E-state index contributed by atoms with van der Waals surface area (Å²) in [4.78, 5) is 2.47. The van der Waals surface area contributed by atoms with Crippen LogP contribution in [0, 0.1) is 5.41 Å². The van der Waals surface area contributed by atoms with E-state index in [9.17, 15) is 8.42 Å². The summed E-state index contributed by atoms with van der Waals surface area (Å²) < 4.78 is 31.7. The van der Waals surface area contributed by atoms with E-state index in [4.69, 9.17) is 4.74 Å². The van der Waals surface area contributed by atoms with Gasteiger partial charge in [0.25, 0.3) is 0 Å². The summed E-state index contributed by atoms with van der Waals surface area (Å²) in [6, 6.07) is 10.4. The van der Waals surface area contributed by atoms with Gasteiger partial charge in [-0.25, -0.2) is 13.1 Å². The molecule has 1 aromatic rings. The van der Waals surface area contributed by atoms with E-state index in [1.807, 2.05) is 6.07 Å². The van der Waals surface area contributed by atoms with Gasteiger partial charge in [-0.15, -0.1) is 0 Å². The fourth-order valence-electron chi connectivity index (χ4n) is 3.84. The predicted molar refractivity (Wildman–Crippen MR) is 90.6 cm³/mol. The largest absolute Gasteiger partial charge is 0.380 e. The van der Waals surface area contributed by atoms with Gasteiger partial charge in [0, 0.05) is 13.2 Å². The Morgan fingerprint density at radius 2 is 1.91 bits per heavy atom. The normalized spacial score (nSPS) is 25.5. The molecule has 1 atom stereocenters. The highest BCUT2D eigenvalue weighted by molar-refractivity contribution is 7.88. The Bertz CT molecular complexity index is 610. The first-order valence-corrected chi connectivity index (χ1v) is 10.2. The Labute approximate surface area is 139 Å². The van der Waals surface area contributed by atoms with Crippen LogP contribution in [0.25, 0.3) is 0 Å². The Balaban J connectivity index is 1.63. The predicted octanol–water partition coefficient (Wildman–Crippen LogP) is 1.61. The lowest BCUT2D eigenvalue weighted by atomic mass is 9.69. The van der Waals surface area contributed by atoms with E-state index in [0.717, 1.165) is 45.5 Å². The van der Waals surface area contributed by atoms with Gasteiger partial charge in [0.1, 0.15) is 0 Å². The van der Waals surface area contributed by atoms with Crippen molar-refractivity contribution < 1.29 is 13.2 Å². The molecule has 0 amide bonds. The van der Waals surface area contributed by atoms with E-state index >= 15 is 0 Å². The van der Waals surface area contributed by atoms with Crippen LogP contribution in [-0.2, 0) is 21.3 Å². The quantitative estimate of drug-likeness (QED) is 0.906. The van der Waals surface area contributed by atoms with Crippen molar-refractivity contribution in [1.82, 2.24) is 9.62 Å². The highest BCUT2D eigenvalue weighted by Crippen LogP contribution is 2.41. The molecule has 0 aliphatic carbocycles. The van der Waals surface area contributed by atoms with Crippen LogP contribution in [0.1, 0.15) is 24.8 Å². The van der Waals surface area contributed by atoms with Gasteiger partial charge >= 0.3 is 0 Å². The van der Waals surface area contributed by atoms with Crippen molar-refractivity contribution in [3.05, 3.63) is 35.9 Å².